The molecule has 1 unspecified atom stereocenters. The molecule has 1 atom stereocenters. The Morgan fingerprint density at radius 2 is 1.87 bits per heavy atom. The zero-order valence-electron chi connectivity index (χ0n) is 9.69. The summed E-state index contributed by atoms with van der Waals surface area (Å²) in [5, 5.41) is 9.12. The van der Waals surface area contributed by atoms with E-state index in [2.05, 4.69) is 36.2 Å². The summed E-state index contributed by atoms with van der Waals surface area (Å²) in [6.45, 7) is 2.90. The zero-order valence-corrected chi connectivity index (χ0v) is 9.69. The molecule has 0 aliphatic heterocycles. The second-order valence-electron chi connectivity index (χ2n) is 4.10. The van der Waals surface area contributed by atoms with Crippen molar-refractivity contribution < 1.29 is 5.11 Å². The molecule has 15 heavy (non-hydrogen) atoms. The quantitative estimate of drug-likeness (QED) is 0.725. The van der Waals surface area contributed by atoms with Gasteiger partial charge >= 0.3 is 0 Å². The topological polar surface area (TPSA) is 23.5 Å². The van der Waals surface area contributed by atoms with Crippen molar-refractivity contribution in [1.29, 1.82) is 0 Å². The standard InChI is InChI=1S/C13H21NO/c1-12(15)8-6-7-11-14(2)13-9-4-3-5-10-13/h3-5,9-10,12,15H,6-8,11H2,1-2H3. The fourth-order valence-corrected chi connectivity index (χ4v) is 1.60. The van der Waals surface area contributed by atoms with Crippen LogP contribution in [0, 0.1) is 0 Å². The molecule has 0 radical (unpaired) electrons. The van der Waals surface area contributed by atoms with Crippen LogP contribution in [0.15, 0.2) is 30.3 Å². The van der Waals surface area contributed by atoms with Crippen LogP contribution >= 0.6 is 0 Å². The maximum Gasteiger partial charge on any atom is 0.0512 e. The minimum absolute atomic E-state index is 0.160. The Hall–Kier alpha value is -1.02. The second kappa shape index (κ2) is 6.46. The fourth-order valence-electron chi connectivity index (χ4n) is 1.60. The summed E-state index contributed by atoms with van der Waals surface area (Å²) in [6.07, 6.45) is 2.97. The van der Waals surface area contributed by atoms with Crippen LogP contribution in [0.2, 0.25) is 0 Å². The van der Waals surface area contributed by atoms with Gasteiger partial charge in [-0.15, -0.1) is 0 Å². The molecule has 84 valence electrons. The minimum atomic E-state index is -0.160. The van der Waals surface area contributed by atoms with Crippen molar-refractivity contribution in [2.24, 2.45) is 0 Å². The summed E-state index contributed by atoms with van der Waals surface area (Å²) in [5.74, 6) is 0. The Labute approximate surface area is 92.5 Å². The molecule has 0 aromatic heterocycles. The predicted molar refractivity (Wildman–Crippen MR) is 65.2 cm³/mol. The Balaban J connectivity index is 2.22. The van der Waals surface area contributed by atoms with Crippen molar-refractivity contribution in [1.82, 2.24) is 0 Å². The smallest absolute Gasteiger partial charge is 0.0512 e. The van der Waals surface area contributed by atoms with Crippen LogP contribution in [0.25, 0.3) is 0 Å². The van der Waals surface area contributed by atoms with Crippen LogP contribution < -0.4 is 4.90 Å². The summed E-state index contributed by atoms with van der Waals surface area (Å²) in [5.41, 5.74) is 1.26. The molecule has 1 N–H and O–H groups in total. The van der Waals surface area contributed by atoms with Gasteiger partial charge in [0.2, 0.25) is 0 Å². The summed E-state index contributed by atoms with van der Waals surface area (Å²) >= 11 is 0. The fraction of sp³-hybridized carbons (Fsp3) is 0.538. The Morgan fingerprint density at radius 3 is 2.47 bits per heavy atom. The van der Waals surface area contributed by atoms with Crippen LogP contribution in [-0.2, 0) is 0 Å². The Bertz CT molecular complexity index is 258. The SMILES string of the molecule is CC(O)CCCCN(C)c1ccccc1. The Morgan fingerprint density at radius 1 is 1.20 bits per heavy atom. The first kappa shape index (κ1) is 12.1. The van der Waals surface area contributed by atoms with E-state index < -0.39 is 0 Å². The first-order chi connectivity index (χ1) is 7.20. The molecule has 1 aromatic rings. The number of benzene rings is 1. The Kier molecular flexibility index (Phi) is 5.19. The van der Waals surface area contributed by atoms with Gasteiger partial charge in [0.15, 0.2) is 0 Å². The van der Waals surface area contributed by atoms with Gasteiger partial charge in [-0.1, -0.05) is 18.2 Å². The third kappa shape index (κ3) is 4.84. The summed E-state index contributed by atoms with van der Waals surface area (Å²) in [7, 11) is 2.11. The minimum Gasteiger partial charge on any atom is -0.393 e. The number of unbranched alkanes of at least 4 members (excludes halogenated alkanes) is 1. The van der Waals surface area contributed by atoms with Crippen molar-refractivity contribution in [3.63, 3.8) is 0 Å². The molecule has 0 amide bonds. The van der Waals surface area contributed by atoms with Crippen LogP contribution in [0.4, 0.5) is 5.69 Å². The van der Waals surface area contributed by atoms with Crippen molar-refractivity contribution >= 4 is 5.69 Å². The van der Waals surface area contributed by atoms with E-state index >= 15 is 0 Å². The van der Waals surface area contributed by atoms with E-state index in [1.54, 1.807) is 0 Å². The first-order valence-corrected chi connectivity index (χ1v) is 5.64. The lowest BCUT2D eigenvalue weighted by atomic mass is 10.1. The van der Waals surface area contributed by atoms with Crippen LogP contribution in [-0.4, -0.2) is 24.8 Å². The van der Waals surface area contributed by atoms with E-state index in [0.29, 0.717) is 0 Å². The molecule has 1 rings (SSSR count). The van der Waals surface area contributed by atoms with E-state index in [9.17, 15) is 0 Å². The van der Waals surface area contributed by atoms with Gasteiger partial charge in [-0.05, 0) is 38.3 Å². The van der Waals surface area contributed by atoms with Gasteiger partial charge in [0.25, 0.3) is 0 Å². The number of anilines is 1. The van der Waals surface area contributed by atoms with Crippen molar-refractivity contribution in [3.05, 3.63) is 30.3 Å². The summed E-state index contributed by atoms with van der Waals surface area (Å²) < 4.78 is 0. The number of rotatable bonds is 6. The molecule has 0 aliphatic carbocycles. The highest BCUT2D eigenvalue weighted by Crippen LogP contribution is 2.12. The highest BCUT2D eigenvalue weighted by atomic mass is 16.3. The number of nitrogens with zero attached hydrogens (tertiary/aromatic N) is 1. The van der Waals surface area contributed by atoms with E-state index in [1.807, 2.05) is 13.0 Å². The second-order valence-corrected chi connectivity index (χ2v) is 4.10. The number of hydrogen-bond acceptors (Lipinski definition) is 2. The molecule has 0 saturated carbocycles. The van der Waals surface area contributed by atoms with Gasteiger partial charge in [-0.25, -0.2) is 0 Å². The third-order valence-electron chi connectivity index (χ3n) is 2.56. The lowest BCUT2D eigenvalue weighted by Gasteiger charge is -2.19. The monoisotopic (exact) mass is 207 g/mol. The normalized spacial score (nSPS) is 12.5. The van der Waals surface area contributed by atoms with E-state index in [-0.39, 0.29) is 6.10 Å². The molecule has 2 nitrogen and oxygen atoms in total. The summed E-state index contributed by atoms with van der Waals surface area (Å²) in [6, 6.07) is 10.4. The van der Waals surface area contributed by atoms with Gasteiger partial charge in [0.1, 0.15) is 0 Å². The van der Waals surface area contributed by atoms with E-state index in [1.165, 1.54) is 5.69 Å². The average Bonchev–Trinajstić information content (AvgIpc) is 2.25. The third-order valence-corrected chi connectivity index (χ3v) is 2.56. The van der Waals surface area contributed by atoms with E-state index in [4.69, 9.17) is 5.11 Å². The molecule has 1 aromatic carbocycles. The molecule has 0 aliphatic rings. The predicted octanol–water partition coefficient (Wildman–Crippen LogP) is 2.67. The van der Waals surface area contributed by atoms with Crippen molar-refractivity contribution in [2.45, 2.75) is 32.3 Å². The first-order valence-electron chi connectivity index (χ1n) is 5.64. The van der Waals surface area contributed by atoms with Crippen LogP contribution in [0.5, 0.6) is 0 Å². The average molecular weight is 207 g/mol. The maximum atomic E-state index is 9.12. The number of para-hydroxylation sites is 1. The van der Waals surface area contributed by atoms with Crippen molar-refractivity contribution in [2.75, 3.05) is 18.5 Å². The lowest BCUT2D eigenvalue weighted by Crippen LogP contribution is -2.18. The van der Waals surface area contributed by atoms with Gasteiger partial charge in [0.05, 0.1) is 6.10 Å². The van der Waals surface area contributed by atoms with Gasteiger partial charge in [0, 0.05) is 19.3 Å². The maximum absolute atomic E-state index is 9.12. The van der Waals surface area contributed by atoms with Gasteiger partial charge in [-0.3, -0.25) is 0 Å². The van der Waals surface area contributed by atoms with Gasteiger partial charge < -0.3 is 10.0 Å². The molecule has 0 fully saturated rings. The molecule has 0 heterocycles. The highest BCUT2D eigenvalue weighted by molar-refractivity contribution is 5.44. The highest BCUT2D eigenvalue weighted by Gasteiger charge is 2.00. The molecular weight excluding hydrogens is 186 g/mol. The number of aliphatic hydroxyl groups excluding tert-OH is 1. The van der Waals surface area contributed by atoms with Crippen molar-refractivity contribution in [3.8, 4) is 0 Å². The van der Waals surface area contributed by atoms with Crippen LogP contribution in [0.3, 0.4) is 0 Å². The van der Waals surface area contributed by atoms with E-state index in [0.717, 1.165) is 25.8 Å². The van der Waals surface area contributed by atoms with Gasteiger partial charge in [-0.2, -0.15) is 0 Å². The number of hydrogen-bond donors (Lipinski definition) is 1. The molecular formula is C13H21NO. The number of aliphatic hydroxyl groups is 1. The largest absolute Gasteiger partial charge is 0.393 e. The summed E-state index contributed by atoms with van der Waals surface area (Å²) in [4.78, 5) is 2.25. The zero-order chi connectivity index (χ0) is 11.1. The van der Waals surface area contributed by atoms with Crippen LogP contribution in [0.1, 0.15) is 26.2 Å². The lowest BCUT2D eigenvalue weighted by molar-refractivity contribution is 0.181. The molecule has 0 saturated heterocycles. The molecule has 0 spiro atoms. The molecule has 2 heteroatoms. The molecule has 0 bridgehead atoms.